The average Bonchev–Trinajstić information content (AvgIpc) is 2.85. The van der Waals surface area contributed by atoms with Crippen LogP contribution >= 0.6 is 15.9 Å². The predicted octanol–water partition coefficient (Wildman–Crippen LogP) is 1.86. The minimum absolute atomic E-state index is 0.624. The third-order valence-corrected chi connectivity index (χ3v) is 3.80. The molecule has 1 aliphatic heterocycles. The predicted molar refractivity (Wildman–Crippen MR) is 78.5 cm³/mol. The van der Waals surface area contributed by atoms with Crippen LogP contribution in [0.2, 0.25) is 0 Å². The van der Waals surface area contributed by atoms with Crippen LogP contribution < -0.4 is 4.90 Å². The second kappa shape index (κ2) is 5.88. The molecule has 6 nitrogen and oxygen atoms in total. The van der Waals surface area contributed by atoms with Crippen LogP contribution in [0.3, 0.4) is 0 Å². The lowest BCUT2D eigenvalue weighted by molar-refractivity contribution is 0.240. The summed E-state index contributed by atoms with van der Waals surface area (Å²) in [5.74, 6) is 1.39. The summed E-state index contributed by atoms with van der Waals surface area (Å²) >= 11 is 3.46. The molecule has 7 heteroatoms. The molecule has 0 amide bonds. The monoisotopic (exact) mass is 337 g/mol. The van der Waals surface area contributed by atoms with Crippen LogP contribution in [0.15, 0.2) is 27.5 Å². The van der Waals surface area contributed by atoms with E-state index in [1.807, 2.05) is 13.1 Å². The lowest BCUT2D eigenvalue weighted by Gasteiger charge is -2.35. The van der Waals surface area contributed by atoms with Gasteiger partial charge in [-0.15, -0.1) is 0 Å². The van der Waals surface area contributed by atoms with Gasteiger partial charge in [0.15, 0.2) is 5.82 Å². The van der Waals surface area contributed by atoms with Gasteiger partial charge in [-0.2, -0.15) is 4.98 Å². The topological polar surface area (TPSA) is 58.3 Å². The standard InChI is InChI=1S/C13H16BrN5O/c1-10-16-13(17-20-10)9-18-2-4-19(5-3-18)12-6-11(14)7-15-8-12/h6-8H,2-5,9H2,1H3. The van der Waals surface area contributed by atoms with E-state index in [0.717, 1.165) is 48.7 Å². The zero-order valence-electron chi connectivity index (χ0n) is 11.3. The molecular formula is C13H16BrN5O. The third kappa shape index (κ3) is 3.16. The van der Waals surface area contributed by atoms with Gasteiger partial charge in [0.25, 0.3) is 0 Å². The molecule has 0 aliphatic carbocycles. The number of hydrogen-bond donors (Lipinski definition) is 0. The highest BCUT2D eigenvalue weighted by atomic mass is 79.9. The van der Waals surface area contributed by atoms with Crippen molar-refractivity contribution in [3.8, 4) is 0 Å². The number of aromatic nitrogens is 3. The van der Waals surface area contributed by atoms with Crippen molar-refractivity contribution in [1.82, 2.24) is 20.0 Å². The van der Waals surface area contributed by atoms with E-state index in [9.17, 15) is 0 Å². The van der Waals surface area contributed by atoms with Crippen LogP contribution in [0.5, 0.6) is 0 Å². The SMILES string of the molecule is Cc1nc(CN2CCN(c3cncc(Br)c3)CC2)no1. The number of aryl methyl sites for hydroxylation is 1. The van der Waals surface area contributed by atoms with Gasteiger partial charge in [-0.3, -0.25) is 9.88 Å². The molecule has 0 bridgehead atoms. The zero-order valence-corrected chi connectivity index (χ0v) is 12.9. The summed E-state index contributed by atoms with van der Waals surface area (Å²) < 4.78 is 6.01. The summed E-state index contributed by atoms with van der Waals surface area (Å²) in [5, 5.41) is 3.94. The van der Waals surface area contributed by atoms with Gasteiger partial charge in [0.05, 0.1) is 18.4 Å². The second-order valence-electron chi connectivity index (χ2n) is 4.85. The van der Waals surface area contributed by atoms with Crippen LogP contribution in [0.25, 0.3) is 0 Å². The van der Waals surface area contributed by atoms with Crippen molar-refractivity contribution in [3.63, 3.8) is 0 Å². The number of piperazine rings is 1. The van der Waals surface area contributed by atoms with Gasteiger partial charge in [0.1, 0.15) is 0 Å². The largest absolute Gasteiger partial charge is 0.368 e. The van der Waals surface area contributed by atoms with Crippen LogP contribution in [-0.4, -0.2) is 46.2 Å². The molecule has 20 heavy (non-hydrogen) atoms. The Morgan fingerprint density at radius 2 is 2.05 bits per heavy atom. The maximum absolute atomic E-state index is 5.00. The summed E-state index contributed by atoms with van der Waals surface area (Å²) in [6.07, 6.45) is 3.71. The molecule has 0 N–H and O–H groups in total. The zero-order chi connectivity index (χ0) is 13.9. The Kier molecular flexibility index (Phi) is 3.98. The molecule has 0 saturated carbocycles. The van der Waals surface area contributed by atoms with E-state index in [0.29, 0.717) is 5.89 Å². The van der Waals surface area contributed by atoms with E-state index >= 15 is 0 Å². The van der Waals surface area contributed by atoms with Crippen molar-refractivity contribution in [3.05, 3.63) is 34.6 Å². The summed E-state index contributed by atoms with van der Waals surface area (Å²) in [5.41, 5.74) is 1.16. The summed E-state index contributed by atoms with van der Waals surface area (Å²) in [7, 11) is 0. The number of nitrogens with zero attached hydrogens (tertiary/aromatic N) is 5. The fourth-order valence-electron chi connectivity index (χ4n) is 2.34. The van der Waals surface area contributed by atoms with Gasteiger partial charge in [-0.25, -0.2) is 0 Å². The van der Waals surface area contributed by atoms with Gasteiger partial charge < -0.3 is 9.42 Å². The lowest BCUT2D eigenvalue weighted by Crippen LogP contribution is -2.46. The first-order chi connectivity index (χ1) is 9.70. The summed E-state index contributed by atoms with van der Waals surface area (Å²) in [6.45, 7) is 6.50. The fraction of sp³-hybridized carbons (Fsp3) is 0.462. The van der Waals surface area contributed by atoms with Crippen molar-refractivity contribution in [1.29, 1.82) is 0 Å². The lowest BCUT2D eigenvalue weighted by atomic mass is 10.2. The number of halogens is 1. The van der Waals surface area contributed by atoms with E-state index < -0.39 is 0 Å². The van der Waals surface area contributed by atoms with Crippen LogP contribution in [-0.2, 0) is 6.54 Å². The highest BCUT2D eigenvalue weighted by Gasteiger charge is 2.19. The van der Waals surface area contributed by atoms with Crippen LogP contribution in [0, 0.1) is 6.92 Å². The highest BCUT2D eigenvalue weighted by molar-refractivity contribution is 9.10. The Labute approximate surface area is 125 Å². The summed E-state index contributed by atoms with van der Waals surface area (Å²) in [4.78, 5) is 13.1. The molecule has 3 rings (SSSR count). The molecule has 2 aromatic rings. The van der Waals surface area contributed by atoms with Crippen molar-refractivity contribution in [2.24, 2.45) is 0 Å². The third-order valence-electron chi connectivity index (χ3n) is 3.36. The molecule has 0 unspecified atom stereocenters. The molecule has 1 aliphatic rings. The number of anilines is 1. The van der Waals surface area contributed by atoms with Gasteiger partial charge in [0.2, 0.25) is 5.89 Å². The molecule has 2 aromatic heterocycles. The van der Waals surface area contributed by atoms with Gasteiger partial charge in [-0.05, 0) is 22.0 Å². The van der Waals surface area contributed by atoms with E-state index in [2.05, 4.69) is 46.9 Å². The Balaban J connectivity index is 1.57. The Morgan fingerprint density at radius 1 is 1.25 bits per heavy atom. The van der Waals surface area contributed by atoms with Crippen molar-refractivity contribution in [2.45, 2.75) is 13.5 Å². The Morgan fingerprint density at radius 3 is 2.70 bits per heavy atom. The number of pyridine rings is 1. The molecule has 106 valence electrons. The van der Waals surface area contributed by atoms with Gasteiger partial charge in [0, 0.05) is 43.8 Å². The second-order valence-corrected chi connectivity index (χ2v) is 5.77. The van der Waals surface area contributed by atoms with Crippen molar-refractivity contribution in [2.75, 3.05) is 31.1 Å². The van der Waals surface area contributed by atoms with E-state index in [1.54, 1.807) is 6.20 Å². The maximum atomic E-state index is 5.00. The first kappa shape index (κ1) is 13.5. The summed E-state index contributed by atoms with van der Waals surface area (Å²) in [6, 6.07) is 2.10. The minimum atomic E-state index is 0.624. The van der Waals surface area contributed by atoms with Crippen molar-refractivity contribution >= 4 is 21.6 Å². The van der Waals surface area contributed by atoms with Crippen LogP contribution in [0.1, 0.15) is 11.7 Å². The molecule has 0 radical (unpaired) electrons. The van der Waals surface area contributed by atoms with Crippen LogP contribution in [0.4, 0.5) is 5.69 Å². The smallest absolute Gasteiger partial charge is 0.223 e. The van der Waals surface area contributed by atoms with E-state index in [1.165, 1.54) is 0 Å². The first-order valence-corrected chi connectivity index (χ1v) is 7.37. The molecule has 3 heterocycles. The maximum Gasteiger partial charge on any atom is 0.223 e. The van der Waals surface area contributed by atoms with Gasteiger partial charge in [-0.1, -0.05) is 5.16 Å². The molecule has 1 fully saturated rings. The van der Waals surface area contributed by atoms with Crippen molar-refractivity contribution < 1.29 is 4.52 Å². The average molecular weight is 338 g/mol. The normalized spacial score (nSPS) is 16.6. The molecule has 0 spiro atoms. The first-order valence-electron chi connectivity index (χ1n) is 6.58. The fourth-order valence-corrected chi connectivity index (χ4v) is 2.70. The van der Waals surface area contributed by atoms with E-state index in [4.69, 9.17) is 4.52 Å². The number of hydrogen-bond acceptors (Lipinski definition) is 6. The Bertz CT molecular complexity index is 580. The molecule has 1 saturated heterocycles. The van der Waals surface area contributed by atoms with E-state index in [-0.39, 0.29) is 0 Å². The number of rotatable bonds is 3. The highest BCUT2D eigenvalue weighted by Crippen LogP contribution is 2.20. The quantitative estimate of drug-likeness (QED) is 0.851. The Hall–Kier alpha value is -1.47. The minimum Gasteiger partial charge on any atom is -0.368 e. The molecular weight excluding hydrogens is 322 g/mol. The van der Waals surface area contributed by atoms with Gasteiger partial charge >= 0.3 is 0 Å². The molecule has 0 atom stereocenters. The molecule has 0 aromatic carbocycles.